The van der Waals surface area contributed by atoms with E-state index in [9.17, 15) is 14.4 Å². The summed E-state index contributed by atoms with van der Waals surface area (Å²) in [5.41, 5.74) is -0.669. The number of rotatable bonds is 6. The Labute approximate surface area is 125 Å². The molecular formula is C14H26N2O5. The number of carbonyl (C=O) groups excluding carboxylic acids is 2. The van der Waals surface area contributed by atoms with E-state index in [1.807, 2.05) is 0 Å². The SMILES string of the molecule is CCOC(=O)CN(C(=O)N(CC(=O)O)C(C)(C)C)C(C)C. The Morgan fingerprint density at radius 3 is 2.00 bits per heavy atom. The number of aliphatic carboxylic acids is 1. The molecular weight excluding hydrogens is 276 g/mol. The minimum Gasteiger partial charge on any atom is -0.480 e. The third-order valence-electron chi connectivity index (χ3n) is 2.81. The predicted octanol–water partition coefficient (Wildman–Crippen LogP) is 1.56. The van der Waals surface area contributed by atoms with Gasteiger partial charge in [-0.05, 0) is 41.5 Å². The number of hydrogen-bond donors (Lipinski definition) is 1. The second-order valence-corrected chi connectivity index (χ2v) is 5.96. The summed E-state index contributed by atoms with van der Waals surface area (Å²) in [5.74, 6) is -1.61. The van der Waals surface area contributed by atoms with E-state index >= 15 is 0 Å². The zero-order chi connectivity index (χ0) is 16.8. The first-order chi connectivity index (χ1) is 9.50. The highest BCUT2D eigenvalue weighted by Gasteiger charge is 2.33. The highest BCUT2D eigenvalue weighted by atomic mass is 16.5. The van der Waals surface area contributed by atoms with E-state index in [1.165, 1.54) is 9.80 Å². The van der Waals surface area contributed by atoms with E-state index in [0.717, 1.165) is 0 Å². The molecule has 21 heavy (non-hydrogen) atoms. The zero-order valence-corrected chi connectivity index (χ0v) is 13.7. The molecule has 0 aliphatic carbocycles. The van der Waals surface area contributed by atoms with E-state index in [-0.39, 0.29) is 19.2 Å². The number of esters is 1. The Hall–Kier alpha value is -1.79. The molecule has 0 rings (SSSR count). The van der Waals surface area contributed by atoms with Crippen LogP contribution >= 0.6 is 0 Å². The number of nitrogens with zero attached hydrogens (tertiary/aromatic N) is 2. The van der Waals surface area contributed by atoms with Crippen molar-refractivity contribution in [3.05, 3.63) is 0 Å². The van der Waals surface area contributed by atoms with Crippen LogP contribution in [0.2, 0.25) is 0 Å². The van der Waals surface area contributed by atoms with Crippen molar-refractivity contribution in [2.75, 3.05) is 19.7 Å². The minimum absolute atomic E-state index is 0.198. The molecule has 7 heteroatoms. The molecule has 7 nitrogen and oxygen atoms in total. The fourth-order valence-electron chi connectivity index (χ4n) is 1.70. The monoisotopic (exact) mass is 302 g/mol. The van der Waals surface area contributed by atoms with Crippen LogP contribution in [-0.2, 0) is 14.3 Å². The van der Waals surface area contributed by atoms with E-state index < -0.39 is 30.1 Å². The zero-order valence-electron chi connectivity index (χ0n) is 13.7. The van der Waals surface area contributed by atoms with Gasteiger partial charge in [0.1, 0.15) is 13.1 Å². The number of urea groups is 1. The summed E-state index contributed by atoms with van der Waals surface area (Å²) >= 11 is 0. The summed E-state index contributed by atoms with van der Waals surface area (Å²) < 4.78 is 4.85. The Bertz CT molecular complexity index is 387. The van der Waals surface area contributed by atoms with Gasteiger partial charge in [0, 0.05) is 11.6 Å². The maximum Gasteiger partial charge on any atom is 0.325 e. The smallest absolute Gasteiger partial charge is 0.325 e. The van der Waals surface area contributed by atoms with Crippen molar-refractivity contribution in [2.24, 2.45) is 0 Å². The number of carboxylic acid groups (broad SMARTS) is 1. The first kappa shape index (κ1) is 19.2. The van der Waals surface area contributed by atoms with Crippen LogP contribution in [0.4, 0.5) is 4.79 Å². The van der Waals surface area contributed by atoms with Gasteiger partial charge >= 0.3 is 18.0 Å². The quantitative estimate of drug-likeness (QED) is 0.752. The number of carboxylic acids is 1. The van der Waals surface area contributed by atoms with Crippen molar-refractivity contribution >= 4 is 18.0 Å². The molecule has 2 amide bonds. The molecule has 0 heterocycles. The fraction of sp³-hybridized carbons (Fsp3) is 0.786. The number of carbonyl (C=O) groups is 3. The summed E-state index contributed by atoms with van der Waals surface area (Å²) in [6.45, 7) is 10.1. The summed E-state index contributed by atoms with van der Waals surface area (Å²) in [6, 6.07) is -0.742. The van der Waals surface area contributed by atoms with Gasteiger partial charge in [-0.1, -0.05) is 0 Å². The van der Waals surface area contributed by atoms with Crippen molar-refractivity contribution < 1.29 is 24.2 Å². The molecule has 0 fully saturated rings. The minimum atomic E-state index is -1.10. The van der Waals surface area contributed by atoms with Gasteiger partial charge < -0.3 is 19.6 Å². The van der Waals surface area contributed by atoms with Crippen LogP contribution in [0.25, 0.3) is 0 Å². The Morgan fingerprint density at radius 1 is 1.14 bits per heavy atom. The molecule has 0 aliphatic heterocycles. The van der Waals surface area contributed by atoms with E-state index in [1.54, 1.807) is 41.5 Å². The van der Waals surface area contributed by atoms with E-state index in [2.05, 4.69) is 0 Å². The lowest BCUT2D eigenvalue weighted by Gasteiger charge is -2.39. The molecule has 1 N–H and O–H groups in total. The molecule has 0 aromatic carbocycles. The Morgan fingerprint density at radius 2 is 1.67 bits per heavy atom. The molecule has 0 atom stereocenters. The van der Waals surface area contributed by atoms with Gasteiger partial charge in [-0.25, -0.2) is 4.79 Å². The first-order valence-corrected chi connectivity index (χ1v) is 6.96. The predicted molar refractivity (Wildman–Crippen MR) is 78.0 cm³/mol. The molecule has 0 bridgehead atoms. The highest BCUT2D eigenvalue weighted by Crippen LogP contribution is 2.17. The van der Waals surface area contributed by atoms with Gasteiger partial charge in [-0.3, -0.25) is 9.59 Å². The van der Waals surface area contributed by atoms with Gasteiger partial charge in [0.05, 0.1) is 6.61 Å². The summed E-state index contributed by atoms with van der Waals surface area (Å²) in [5, 5.41) is 8.98. The summed E-state index contributed by atoms with van der Waals surface area (Å²) in [7, 11) is 0. The summed E-state index contributed by atoms with van der Waals surface area (Å²) in [4.78, 5) is 37.7. The van der Waals surface area contributed by atoms with Gasteiger partial charge in [0.2, 0.25) is 0 Å². The van der Waals surface area contributed by atoms with Crippen LogP contribution in [0.1, 0.15) is 41.5 Å². The second-order valence-electron chi connectivity index (χ2n) is 5.96. The van der Waals surface area contributed by atoms with Crippen molar-refractivity contribution in [3.63, 3.8) is 0 Å². The maximum absolute atomic E-state index is 12.6. The van der Waals surface area contributed by atoms with Crippen molar-refractivity contribution in [3.8, 4) is 0 Å². The number of hydrogen-bond acceptors (Lipinski definition) is 4. The molecule has 122 valence electrons. The van der Waals surface area contributed by atoms with Crippen LogP contribution < -0.4 is 0 Å². The average molecular weight is 302 g/mol. The standard InChI is InChI=1S/C14H26N2O5/c1-7-21-12(19)9-15(10(2)3)13(20)16(8-11(17)18)14(4,5)6/h10H,7-9H2,1-6H3,(H,17,18). The number of ether oxygens (including phenoxy) is 1. The molecule has 0 unspecified atom stereocenters. The third kappa shape index (κ3) is 6.46. The second kappa shape index (κ2) is 7.85. The van der Waals surface area contributed by atoms with E-state index in [0.29, 0.717) is 0 Å². The van der Waals surface area contributed by atoms with Crippen molar-refractivity contribution in [1.29, 1.82) is 0 Å². The Kier molecular flexibility index (Phi) is 7.18. The maximum atomic E-state index is 12.6. The molecule has 0 spiro atoms. The molecule has 0 saturated carbocycles. The summed E-state index contributed by atoms with van der Waals surface area (Å²) in [6.07, 6.45) is 0. The van der Waals surface area contributed by atoms with Gasteiger partial charge in [-0.15, -0.1) is 0 Å². The molecule has 0 saturated heterocycles. The van der Waals surface area contributed by atoms with Crippen LogP contribution in [0.15, 0.2) is 0 Å². The van der Waals surface area contributed by atoms with Crippen LogP contribution in [-0.4, -0.2) is 64.2 Å². The van der Waals surface area contributed by atoms with Crippen LogP contribution in [0, 0.1) is 0 Å². The first-order valence-electron chi connectivity index (χ1n) is 6.96. The molecule has 0 radical (unpaired) electrons. The van der Waals surface area contributed by atoms with Gasteiger partial charge in [-0.2, -0.15) is 0 Å². The average Bonchev–Trinajstić information content (AvgIpc) is 2.30. The van der Waals surface area contributed by atoms with Crippen molar-refractivity contribution in [1.82, 2.24) is 9.80 Å². The molecule has 0 aromatic heterocycles. The lowest BCUT2D eigenvalue weighted by atomic mass is 10.1. The van der Waals surface area contributed by atoms with Crippen LogP contribution in [0.5, 0.6) is 0 Å². The molecule has 0 aliphatic rings. The lowest BCUT2D eigenvalue weighted by molar-refractivity contribution is -0.144. The third-order valence-corrected chi connectivity index (χ3v) is 2.81. The fourth-order valence-corrected chi connectivity index (χ4v) is 1.70. The topological polar surface area (TPSA) is 87.2 Å². The lowest BCUT2D eigenvalue weighted by Crippen LogP contribution is -2.56. The van der Waals surface area contributed by atoms with E-state index in [4.69, 9.17) is 9.84 Å². The highest BCUT2D eigenvalue weighted by molar-refractivity contribution is 5.84. The van der Waals surface area contributed by atoms with Gasteiger partial charge in [0.25, 0.3) is 0 Å². The van der Waals surface area contributed by atoms with Gasteiger partial charge in [0.15, 0.2) is 0 Å². The number of amides is 2. The van der Waals surface area contributed by atoms with Crippen LogP contribution in [0.3, 0.4) is 0 Å². The Balaban J connectivity index is 5.22. The van der Waals surface area contributed by atoms with Crippen molar-refractivity contribution in [2.45, 2.75) is 53.1 Å². The molecule has 0 aromatic rings. The normalized spacial score (nSPS) is 11.2. The largest absolute Gasteiger partial charge is 0.480 e.